The van der Waals surface area contributed by atoms with Crippen molar-refractivity contribution in [1.82, 2.24) is 5.32 Å². The number of methoxy groups -OCH3 is 1. The smallest absolute Gasteiger partial charge is 0.246 e. The minimum atomic E-state index is -2.04. The van der Waals surface area contributed by atoms with Gasteiger partial charge in [0.25, 0.3) is 0 Å². The summed E-state index contributed by atoms with van der Waals surface area (Å²) in [5.74, 6) is -2.51. The minimum Gasteiger partial charge on any atom is -0.387 e. The lowest BCUT2D eigenvalue weighted by Gasteiger charge is -2.42. The van der Waals surface area contributed by atoms with Gasteiger partial charge in [0.15, 0.2) is 0 Å². The zero-order chi connectivity index (χ0) is 13.9. The van der Waals surface area contributed by atoms with E-state index in [-0.39, 0.29) is 18.7 Å². The molecule has 1 rings (SSSR count). The molecular formula is C11H19NO6. The standard InChI is InChI=1S/C11H19NO6/c1-6(2)10(15)12-5-11(16)9(14)8(13)7(17-3)4-18-11/h7-9,13-14,16H,1,4-5H2,2-3H3,(H,12,15). The molecule has 0 aromatic rings. The first kappa shape index (κ1) is 15.1. The first-order valence-electron chi connectivity index (χ1n) is 5.51. The van der Waals surface area contributed by atoms with Crippen molar-refractivity contribution in [2.24, 2.45) is 0 Å². The van der Waals surface area contributed by atoms with Gasteiger partial charge in [-0.1, -0.05) is 6.58 Å². The van der Waals surface area contributed by atoms with Crippen LogP contribution in [0.4, 0.5) is 0 Å². The van der Waals surface area contributed by atoms with E-state index < -0.39 is 30.0 Å². The number of hydrogen-bond donors (Lipinski definition) is 4. The molecule has 0 aliphatic carbocycles. The van der Waals surface area contributed by atoms with Crippen molar-refractivity contribution in [2.45, 2.75) is 31.0 Å². The lowest BCUT2D eigenvalue weighted by molar-refractivity contribution is -0.319. The van der Waals surface area contributed by atoms with Gasteiger partial charge in [0.2, 0.25) is 11.7 Å². The first-order chi connectivity index (χ1) is 8.31. The van der Waals surface area contributed by atoms with E-state index in [1.54, 1.807) is 0 Å². The van der Waals surface area contributed by atoms with E-state index in [1.807, 2.05) is 0 Å². The van der Waals surface area contributed by atoms with E-state index in [0.29, 0.717) is 0 Å². The second kappa shape index (κ2) is 5.77. The van der Waals surface area contributed by atoms with Gasteiger partial charge < -0.3 is 30.1 Å². The Morgan fingerprint density at radius 1 is 1.61 bits per heavy atom. The summed E-state index contributed by atoms with van der Waals surface area (Å²) in [4.78, 5) is 11.3. The monoisotopic (exact) mass is 261 g/mol. The van der Waals surface area contributed by atoms with E-state index in [2.05, 4.69) is 11.9 Å². The summed E-state index contributed by atoms with van der Waals surface area (Å²) in [6, 6.07) is 0. The van der Waals surface area contributed by atoms with Crippen molar-refractivity contribution in [3.63, 3.8) is 0 Å². The van der Waals surface area contributed by atoms with Crippen molar-refractivity contribution >= 4 is 5.91 Å². The number of hydrogen-bond acceptors (Lipinski definition) is 6. The van der Waals surface area contributed by atoms with E-state index >= 15 is 0 Å². The van der Waals surface area contributed by atoms with Crippen molar-refractivity contribution in [2.75, 3.05) is 20.3 Å². The highest BCUT2D eigenvalue weighted by Gasteiger charge is 2.49. The average Bonchev–Trinajstić information content (AvgIpc) is 2.33. The Bertz CT molecular complexity index is 333. The van der Waals surface area contributed by atoms with Crippen molar-refractivity contribution in [3.05, 3.63) is 12.2 Å². The van der Waals surface area contributed by atoms with Crippen LogP contribution < -0.4 is 5.32 Å². The molecule has 0 spiro atoms. The van der Waals surface area contributed by atoms with Gasteiger partial charge in [-0.3, -0.25) is 4.79 Å². The van der Waals surface area contributed by atoms with Crippen LogP contribution in [-0.2, 0) is 14.3 Å². The highest BCUT2D eigenvalue weighted by Crippen LogP contribution is 2.24. The van der Waals surface area contributed by atoms with Crippen LogP contribution in [0.2, 0.25) is 0 Å². The molecule has 18 heavy (non-hydrogen) atoms. The molecule has 1 saturated heterocycles. The fourth-order valence-corrected chi connectivity index (χ4v) is 1.60. The average molecular weight is 261 g/mol. The molecule has 104 valence electrons. The molecule has 1 aliphatic heterocycles. The van der Waals surface area contributed by atoms with Gasteiger partial charge in [0.1, 0.15) is 18.3 Å². The van der Waals surface area contributed by atoms with Crippen LogP contribution >= 0.6 is 0 Å². The third-order valence-electron chi connectivity index (χ3n) is 2.86. The van der Waals surface area contributed by atoms with Crippen LogP contribution in [0.3, 0.4) is 0 Å². The van der Waals surface area contributed by atoms with Gasteiger partial charge in [-0.25, -0.2) is 0 Å². The molecule has 4 atom stereocenters. The Morgan fingerprint density at radius 2 is 2.22 bits per heavy atom. The zero-order valence-corrected chi connectivity index (χ0v) is 10.4. The van der Waals surface area contributed by atoms with E-state index in [0.717, 1.165) is 0 Å². The van der Waals surface area contributed by atoms with E-state index in [4.69, 9.17) is 9.47 Å². The molecule has 0 bridgehead atoms. The van der Waals surface area contributed by atoms with Crippen LogP contribution in [0.15, 0.2) is 12.2 Å². The fourth-order valence-electron chi connectivity index (χ4n) is 1.60. The molecule has 0 radical (unpaired) electrons. The van der Waals surface area contributed by atoms with Crippen LogP contribution in [0.1, 0.15) is 6.92 Å². The maximum atomic E-state index is 11.3. The second-order valence-corrected chi connectivity index (χ2v) is 4.33. The SMILES string of the molecule is C=C(C)C(=O)NCC1(O)OCC(OC)C(O)C1O. The molecule has 1 aliphatic rings. The summed E-state index contributed by atoms with van der Waals surface area (Å²) in [5, 5.41) is 31.8. The summed E-state index contributed by atoms with van der Waals surface area (Å²) < 4.78 is 9.94. The molecule has 1 fully saturated rings. The van der Waals surface area contributed by atoms with Crippen LogP contribution in [-0.4, -0.2) is 65.6 Å². The highest BCUT2D eigenvalue weighted by atomic mass is 16.7. The number of rotatable bonds is 4. The molecule has 0 aromatic heterocycles. The topological polar surface area (TPSA) is 108 Å². The summed E-state index contributed by atoms with van der Waals surface area (Å²) in [6.45, 7) is 4.50. The van der Waals surface area contributed by atoms with E-state index in [1.165, 1.54) is 14.0 Å². The number of amides is 1. The normalized spacial score (nSPS) is 36.2. The zero-order valence-electron chi connectivity index (χ0n) is 10.4. The first-order valence-corrected chi connectivity index (χ1v) is 5.51. The van der Waals surface area contributed by atoms with Crippen molar-refractivity contribution < 1.29 is 29.6 Å². The number of carbonyl (C=O) groups is 1. The molecule has 0 aromatic carbocycles. The Morgan fingerprint density at radius 3 is 2.72 bits per heavy atom. The van der Waals surface area contributed by atoms with Gasteiger partial charge in [-0.2, -0.15) is 0 Å². The van der Waals surface area contributed by atoms with E-state index in [9.17, 15) is 20.1 Å². The van der Waals surface area contributed by atoms with Crippen LogP contribution in [0.5, 0.6) is 0 Å². The van der Waals surface area contributed by atoms with Crippen LogP contribution in [0, 0.1) is 0 Å². The summed E-state index contributed by atoms with van der Waals surface area (Å²) >= 11 is 0. The van der Waals surface area contributed by atoms with Crippen molar-refractivity contribution in [1.29, 1.82) is 0 Å². The molecule has 1 heterocycles. The Hall–Kier alpha value is -0.990. The molecule has 0 saturated carbocycles. The number of nitrogens with one attached hydrogen (secondary N) is 1. The van der Waals surface area contributed by atoms with Crippen LogP contribution in [0.25, 0.3) is 0 Å². The fraction of sp³-hybridized carbons (Fsp3) is 0.727. The lowest BCUT2D eigenvalue weighted by Crippen LogP contribution is -2.65. The number of aliphatic hydroxyl groups excluding tert-OH is 2. The maximum absolute atomic E-state index is 11.3. The summed E-state index contributed by atoms with van der Waals surface area (Å²) in [5.41, 5.74) is 0.263. The second-order valence-electron chi connectivity index (χ2n) is 4.33. The van der Waals surface area contributed by atoms with Gasteiger partial charge in [0.05, 0.1) is 13.2 Å². The number of carbonyl (C=O) groups excluding carboxylic acids is 1. The molecule has 4 N–H and O–H groups in total. The molecule has 4 unspecified atom stereocenters. The third-order valence-corrected chi connectivity index (χ3v) is 2.86. The Kier molecular flexibility index (Phi) is 4.83. The van der Waals surface area contributed by atoms with Gasteiger partial charge in [-0.05, 0) is 6.92 Å². The Labute approximate surface area is 105 Å². The molecule has 7 nitrogen and oxygen atoms in total. The molecule has 7 heteroatoms. The quantitative estimate of drug-likeness (QED) is 0.442. The van der Waals surface area contributed by atoms with Gasteiger partial charge >= 0.3 is 0 Å². The predicted molar refractivity (Wildman–Crippen MR) is 61.5 cm³/mol. The summed E-state index contributed by atoms with van der Waals surface area (Å²) in [7, 11) is 1.36. The predicted octanol–water partition coefficient (Wildman–Crippen LogP) is -1.87. The maximum Gasteiger partial charge on any atom is 0.246 e. The number of ether oxygens (including phenoxy) is 2. The number of aliphatic hydroxyl groups is 3. The largest absolute Gasteiger partial charge is 0.387 e. The van der Waals surface area contributed by atoms with Crippen molar-refractivity contribution in [3.8, 4) is 0 Å². The molecular weight excluding hydrogens is 242 g/mol. The highest BCUT2D eigenvalue weighted by molar-refractivity contribution is 5.92. The van der Waals surface area contributed by atoms with Gasteiger partial charge in [0, 0.05) is 12.7 Å². The lowest BCUT2D eigenvalue weighted by atomic mass is 9.96. The minimum absolute atomic E-state index is 0.0891. The Balaban J connectivity index is 2.64. The summed E-state index contributed by atoms with van der Waals surface area (Å²) in [6.07, 6.45) is -3.60. The molecule has 1 amide bonds. The van der Waals surface area contributed by atoms with Gasteiger partial charge in [-0.15, -0.1) is 0 Å². The third kappa shape index (κ3) is 3.06.